The van der Waals surface area contributed by atoms with Crippen molar-refractivity contribution in [1.29, 1.82) is 0 Å². The van der Waals surface area contributed by atoms with E-state index in [0.29, 0.717) is 35.5 Å². The van der Waals surface area contributed by atoms with Gasteiger partial charge in [-0.1, -0.05) is 30.3 Å². The molecule has 3 N–H and O–H groups in total. The van der Waals surface area contributed by atoms with Gasteiger partial charge < -0.3 is 15.6 Å². The van der Waals surface area contributed by atoms with Crippen LogP contribution >= 0.6 is 0 Å². The number of nitrogens with zero attached hydrogens (tertiary/aromatic N) is 3. The van der Waals surface area contributed by atoms with Gasteiger partial charge in [-0.05, 0) is 47.9 Å². The molecule has 6 nitrogen and oxygen atoms in total. The molecule has 8 heteroatoms. The molecule has 0 saturated carbocycles. The third-order valence-electron chi connectivity index (χ3n) is 5.58. The third kappa shape index (κ3) is 5.23. The second-order valence-corrected chi connectivity index (χ2v) is 7.94. The first-order valence-electron chi connectivity index (χ1n) is 10.8. The van der Waals surface area contributed by atoms with Gasteiger partial charge in [0, 0.05) is 25.6 Å². The maximum absolute atomic E-state index is 13.7. The predicted octanol–water partition coefficient (Wildman–Crippen LogP) is 4.03. The number of hydrogen-bond donors (Lipinski definition) is 2. The molecule has 0 aliphatic rings. The molecular formula is C25H25F2N5O. The van der Waals surface area contributed by atoms with Crippen LogP contribution in [0.3, 0.4) is 0 Å². The number of aromatic nitrogens is 3. The van der Waals surface area contributed by atoms with Crippen molar-refractivity contribution >= 4 is 17.1 Å². The van der Waals surface area contributed by atoms with Crippen LogP contribution in [0.1, 0.15) is 41.9 Å². The van der Waals surface area contributed by atoms with E-state index >= 15 is 0 Å². The fourth-order valence-corrected chi connectivity index (χ4v) is 3.75. The molecule has 1 amide bonds. The fraction of sp³-hybridized carbons (Fsp3) is 0.240. The Hall–Kier alpha value is -3.65. The molecule has 170 valence electrons. The summed E-state index contributed by atoms with van der Waals surface area (Å²) in [4.78, 5) is 21.6. The van der Waals surface area contributed by atoms with E-state index in [4.69, 9.17) is 5.73 Å². The van der Waals surface area contributed by atoms with Crippen LogP contribution in [0, 0.1) is 11.6 Å². The van der Waals surface area contributed by atoms with Gasteiger partial charge in [-0.2, -0.15) is 0 Å². The van der Waals surface area contributed by atoms with Gasteiger partial charge in [0.2, 0.25) is 5.91 Å². The van der Waals surface area contributed by atoms with E-state index in [1.54, 1.807) is 12.3 Å². The van der Waals surface area contributed by atoms with Gasteiger partial charge in [0.15, 0.2) is 17.3 Å². The first-order chi connectivity index (χ1) is 15.9. The second-order valence-electron chi connectivity index (χ2n) is 7.94. The van der Waals surface area contributed by atoms with Crippen molar-refractivity contribution in [2.24, 2.45) is 5.73 Å². The van der Waals surface area contributed by atoms with Gasteiger partial charge in [0.25, 0.3) is 0 Å². The smallest absolute Gasteiger partial charge is 0.220 e. The highest BCUT2D eigenvalue weighted by Crippen LogP contribution is 2.19. The highest BCUT2D eigenvalue weighted by Gasteiger charge is 2.16. The van der Waals surface area contributed by atoms with Crippen LogP contribution in [-0.4, -0.2) is 20.4 Å². The maximum Gasteiger partial charge on any atom is 0.220 e. The number of fused-ring (bicyclic) bond motifs is 1. The van der Waals surface area contributed by atoms with E-state index < -0.39 is 11.6 Å². The number of hydrogen-bond acceptors (Lipinski definition) is 4. The number of nitrogens with one attached hydrogen (secondary N) is 1. The monoisotopic (exact) mass is 449 g/mol. The second kappa shape index (κ2) is 9.87. The molecule has 0 saturated heterocycles. The number of amides is 1. The van der Waals surface area contributed by atoms with Crippen molar-refractivity contribution in [3.63, 3.8) is 0 Å². The Labute approximate surface area is 190 Å². The molecule has 0 aliphatic carbocycles. The zero-order chi connectivity index (χ0) is 23.4. The van der Waals surface area contributed by atoms with Gasteiger partial charge >= 0.3 is 0 Å². The molecule has 2 heterocycles. The Morgan fingerprint density at radius 3 is 2.58 bits per heavy atom. The summed E-state index contributed by atoms with van der Waals surface area (Å²) in [6, 6.07) is 15.1. The van der Waals surface area contributed by atoms with Crippen molar-refractivity contribution in [3.8, 4) is 0 Å². The van der Waals surface area contributed by atoms with Gasteiger partial charge in [-0.25, -0.2) is 18.7 Å². The minimum Gasteiger partial charge on any atom is -0.350 e. The van der Waals surface area contributed by atoms with E-state index in [1.165, 1.54) is 6.07 Å². The highest BCUT2D eigenvalue weighted by molar-refractivity contribution is 5.77. The van der Waals surface area contributed by atoms with Crippen molar-refractivity contribution in [3.05, 3.63) is 94.9 Å². The lowest BCUT2D eigenvalue weighted by molar-refractivity contribution is -0.121. The van der Waals surface area contributed by atoms with Crippen molar-refractivity contribution in [2.75, 3.05) is 0 Å². The summed E-state index contributed by atoms with van der Waals surface area (Å²) in [7, 11) is 0. The van der Waals surface area contributed by atoms with Crippen LogP contribution in [0.15, 0.2) is 60.8 Å². The number of imidazole rings is 1. The Morgan fingerprint density at radius 2 is 1.85 bits per heavy atom. The Kier molecular flexibility index (Phi) is 6.74. The first-order valence-corrected chi connectivity index (χ1v) is 10.8. The summed E-state index contributed by atoms with van der Waals surface area (Å²) < 4.78 is 28.9. The number of carbonyl (C=O) groups excluding carboxylic acids is 1. The van der Waals surface area contributed by atoms with Crippen LogP contribution in [0.2, 0.25) is 0 Å². The molecule has 4 rings (SSSR count). The topological polar surface area (TPSA) is 85.8 Å². The number of benzene rings is 2. The van der Waals surface area contributed by atoms with E-state index in [-0.39, 0.29) is 24.9 Å². The van der Waals surface area contributed by atoms with Crippen LogP contribution in [0.5, 0.6) is 0 Å². The van der Waals surface area contributed by atoms with Gasteiger partial charge in [0.1, 0.15) is 11.3 Å². The quantitative estimate of drug-likeness (QED) is 0.425. The number of pyridine rings is 1. The van der Waals surface area contributed by atoms with Gasteiger partial charge in [0.05, 0.1) is 12.6 Å². The maximum atomic E-state index is 13.7. The largest absolute Gasteiger partial charge is 0.350 e. The molecule has 0 unspecified atom stereocenters. The minimum absolute atomic E-state index is 0.107. The normalized spacial score (nSPS) is 12.1. The predicted molar refractivity (Wildman–Crippen MR) is 122 cm³/mol. The molecule has 1 atom stereocenters. The minimum atomic E-state index is -0.903. The van der Waals surface area contributed by atoms with E-state index in [2.05, 4.69) is 15.3 Å². The number of halogens is 2. The van der Waals surface area contributed by atoms with Gasteiger partial charge in [-0.15, -0.1) is 0 Å². The molecule has 4 aromatic rings. The van der Waals surface area contributed by atoms with E-state index in [1.807, 2.05) is 41.8 Å². The fourth-order valence-electron chi connectivity index (χ4n) is 3.75. The Bertz CT molecular complexity index is 1270. The average molecular weight is 450 g/mol. The first kappa shape index (κ1) is 22.5. The summed E-state index contributed by atoms with van der Waals surface area (Å²) in [6.45, 7) is 2.67. The zero-order valence-electron chi connectivity index (χ0n) is 18.3. The molecule has 0 bridgehead atoms. The molecule has 0 aliphatic heterocycles. The molecule has 2 aromatic carbocycles. The van der Waals surface area contributed by atoms with Gasteiger partial charge in [-0.3, -0.25) is 4.79 Å². The van der Waals surface area contributed by atoms with Crippen molar-refractivity contribution < 1.29 is 13.6 Å². The lowest BCUT2D eigenvalue weighted by Crippen LogP contribution is -2.27. The third-order valence-corrected chi connectivity index (χ3v) is 5.58. The number of aryl methyl sites for hydroxylation is 1. The zero-order valence-corrected chi connectivity index (χ0v) is 18.3. The van der Waals surface area contributed by atoms with E-state index in [9.17, 15) is 13.6 Å². The van der Waals surface area contributed by atoms with Crippen molar-refractivity contribution in [1.82, 2.24) is 19.9 Å². The van der Waals surface area contributed by atoms with Crippen LogP contribution in [-0.2, 0) is 24.3 Å². The molecule has 0 spiro atoms. The number of rotatable bonds is 8. The highest BCUT2D eigenvalue weighted by atomic mass is 19.2. The molecule has 33 heavy (non-hydrogen) atoms. The standard InChI is InChI=1S/C25H25F2N5O/c1-16(19-7-4-17(14-28)5-8-19)30-24(33)11-10-23-31-22-3-2-12-29-25(22)32(23)15-18-6-9-20(26)21(27)13-18/h2-9,12-13,16H,10-11,14-15,28H2,1H3,(H,30,33)/t16-/m0/s1. The van der Waals surface area contributed by atoms with Crippen LogP contribution in [0.25, 0.3) is 11.2 Å². The van der Waals surface area contributed by atoms with Crippen LogP contribution in [0.4, 0.5) is 8.78 Å². The molecule has 0 fully saturated rings. The summed E-state index contributed by atoms with van der Waals surface area (Å²) in [5, 5.41) is 3.01. The number of carbonyl (C=O) groups is 1. The Morgan fingerprint density at radius 1 is 1.09 bits per heavy atom. The van der Waals surface area contributed by atoms with Crippen LogP contribution < -0.4 is 11.1 Å². The summed E-state index contributed by atoms with van der Waals surface area (Å²) in [5.41, 5.74) is 9.56. The molecule has 0 radical (unpaired) electrons. The lowest BCUT2D eigenvalue weighted by atomic mass is 10.1. The number of nitrogens with two attached hydrogens (primary N) is 1. The van der Waals surface area contributed by atoms with Crippen molar-refractivity contribution in [2.45, 2.75) is 38.9 Å². The van der Waals surface area contributed by atoms with E-state index in [0.717, 1.165) is 23.3 Å². The lowest BCUT2D eigenvalue weighted by Gasteiger charge is -2.15. The SMILES string of the molecule is C[C@H](NC(=O)CCc1nc2cccnc2n1Cc1ccc(F)c(F)c1)c1ccc(CN)cc1. The summed E-state index contributed by atoms with van der Waals surface area (Å²) >= 11 is 0. The average Bonchev–Trinajstić information content (AvgIpc) is 3.17. The molecular weight excluding hydrogens is 424 g/mol. The summed E-state index contributed by atoms with van der Waals surface area (Å²) in [6.07, 6.45) is 2.26. The Balaban J connectivity index is 1.48. The molecule has 2 aromatic heterocycles. The summed E-state index contributed by atoms with van der Waals surface area (Å²) in [5.74, 6) is -1.25.